The van der Waals surface area contributed by atoms with Gasteiger partial charge < -0.3 is 26.0 Å². The average molecular weight is 706 g/mol. The van der Waals surface area contributed by atoms with Crippen molar-refractivity contribution in [3.8, 4) is 39.3 Å². The van der Waals surface area contributed by atoms with Crippen LogP contribution >= 0.6 is 11.6 Å². The van der Waals surface area contributed by atoms with Crippen molar-refractivity contribution in [2.45, 2.75) is 57.8 Å². The molecule has 12 heteroatoms. The van der Waals surface area contributed by atoms with Crippen LogP contribution in [0.2, 0.25) is 5.02 Å². The molecule has 2 aliphatic rings. The van der Waals surface area contributed by atoms with Crippen LogP contribution < -0.4 is 31.6 Å². The lowest BCUT2D eigenvalue weighted by atomic mass is 9.92. The summed E-state index contributed by atoms with van der Waals surface area (Å²) in [7, 11) is 1.64. The van der Waals surface area contributed by atoms with Crippen molar-refractivity contribution in [1.29, 1.82) is 0 Å². The zero-order valence-electron chi connectivity index (χ0n) is 28.6. The molecule has 0 unspecified atom stereocenters. The lowest BCUT2D eigenvalue weighted by Crippen LogP contribution is -2.36. The van der Waals surface area contributed by atoms with Crippen LogP contribution in [-0.4, -0.2) is 58.5 Å². The molecule has 5 aromatic rings. The SMILES string of the molecule is COc1cc(-c2cccc(-c3cccc(-c4ccn5c(=O)c(CNC[C@@H]6CCC(=O)N6)cnc5c4)c3C)c2Cl)ncc1CNC[C@H]1CCC(=O)N1. The van der Waals surface area contributed by atoms with Crippen LogP contribution in [0.25, 0.3) is 39.2 Å². The summed E-state index contributed by atoms with van der Waals surface area (Å²) in [6, 6.07) is 18.0. The number of amides is 2. The molecule has 0 radical (unpaired) electrons. The summed E-state index contributed by atoms with van der Waals surface area (Å²) >= 11 is 7.14. The molecule has 2 fully saturated rings. The minimum absolute atomic E-state index is 0.0701. The lowest BCUT2D eigenvalue weighted by Gasteiger charge is -2.16. The number of ether oxygens (including phenoxy) is 1. The van der Waals surface area contributed by atoms with Gasteiger partial charge in [0.25, 0.3) is 5.56 Å². The van der Waals surface area contributed by atoms with Crippen molar-refractivity contribution < 1.29 is 14.3 Å². The van der Waals surface area contributed by atoms with Crippen molar-refractivity contribution in [3.63, 3.8) is 0 Å². The molecular weight excluding hydrogens is 666 g/mol. The molecular formula is C39H40ClN7O4. The van der Waals surface area contributed by atoms with Gasteiger partial charge in [0.15, 0.2) is 0 Å². The third-order valence-corrected chi connectivity index (χ3v) is 10.1. The van der Waals surface area contributed by atoms with Crippen molar-refractivity contribution in [2.75, 3.05) is 20.2 Å². The van der Waals surface area contributed by atoms with E-state index in [2.05, 4.69) is 45.3 Å². The van der Waals surface area contributed by atoms with Crippen molar-refractivity contribution >= 4 is 29.1 Å². The highest BCUT2D eigenvalue weighted by atomic mass is 35.5. The van der Waals surface area contributed by atoms with Crippen LogP contribution in [0.15, 0.2) is 78.0 Å². The molecule has 2 aromatic carbocycles. The molecule has 11 nitrogen and oxygen atoms in total. The fourth-order valence-electron chi connectivity index (χ4n) is 6.94. The molecule has 2 atom stereocenters. The number of hydrogen-bond acceptors (Lipinski definition) is 8. The van der Waals surface area contributed by atoms with Gasteiger partial charge in [0, 0.05) is 98.0 Å². The van der Waals surface area contributed by atoms with Gasteiger partial charge in [-0.25, -0.2) is 4.98 Å². The molecule has 2 saturated heterocycles. The Morgan fingerprint density at radius 1 is 0.824 bits per heavy atom. The number of nitrogens with one attached hydrogen (secondary N) is 4. The summed E-state index contributed by atoms with van der Waals surface area (Å²) in [6.45, 7) is 4.28. The van der Waals surface area contributed by atoms with E-state index in [9.17, 15) is 14.4 Å². The summed E-state index contributed by atoms with van der Waals surface area (Å²) < 4.78 is 7.30. The largest absolute Gasteiger partial charge is 0.496 e. The van der Waals surface area contributed by atoms with Crippen LogP contribution in [0, 0.1) is 6.92 Å². The highest BCUT2D eigenvalue weighted by Gasteiger charge is 2.22. The molecule has 7 rings (SSSR count). The van der Waals surface area contributed by atoms with Gasteiger partial charge in [0.2, 0.25) is 11.8 Å². The van der Waals surface area contributed by atoms with Crippen LogP contribution in [-0.2, 0) is 22.7 Å². The minimum Gasteiger partial charge on any atom is -0.496 e. The van der Waals surface area contributed by atoms with E-state index in [1.54, 1.807) is 30.1 Å². The van der Waals surface area contributed by atoms with E-state index >= 15 is 0 Å². The zero-order valence-corrected chi connectivity index (χ0v) is 29.3. The van der Waals surface area contributed by atoms with E-state index in [1.807, 2.05) is 42.5 Å². The standard InChI is InChI=1S/C39H40ClN7O4/c1-23-29(24-13-14-47-35(15-24)44-20-26(39(47)50)18-42-22-28-10-12-37(49)46-28)5-3-6-30(23)31-7-4-8-32(38(31)40)33-16-34(51-2)25(19-43-33)17-41-21-27-9-11-36(48)45-27/h3-8,13-16,19-20,27-28,41-42H,9-12,17-18,21-22H2,1-2H3,(H,45,48)(H,46,49)/t27-,28+/m1/s1. The fraction of sp³-hybridized carbons (Fsp3) is 0.308. The summed E-state index contributed by atoms with van der Waals surface area (Å²) in [5.74, 6) is 0.873. The van der Waals surface area contributed by atoms with E-state index in [-0.39, 0.29) is 29.5 Å². The monoisotopic (exact) mass is 705 g/mol. The van der Waals surface area contributed by atoms with Crippen LogP contribution in [0.4, 0.5) is 0 Å². The van der Waals surface area contributed by atoms with Gasteiger partial charge in [-0.05, 0) is 54.2 Å². The summed E-state index contributed by atoms with van der Waals surface area (Å²) in [5, 5.41) is 13.2. The molecule has 5 heterocycles. The smallest absolute Gasteiger partial charge is 0.262 e. The average Bonchev–Trinajstić information content (AvgIpc) is 3.76. The second-order valence-electron chi connectivity index (χ2n) is 13.1. The predicted octanol–water partition coefficient (Wildman–Crippen LogP) is 4.80. The molecule has 0 spiro atoms. The van der Waals surface area contributed by atoms with Crippen molar-refractivity contribution in [1.82, 2.24) is 35.6 Å². The third kappa shape index (κ3) is 7.37. The lowest BCUT2D eigenvalue weighted by molar-refractivity contribution is -0.120. The fourth-order valence-corrected chi connectivity index (χ4v) is 7.26. The molecule has 3 aromatic heterocycles. The highest BCUT2D eigenvalue weighted by Crippen LogP contribution is 2.40. The van der Waals surface area contributed by atoms with Gasteiger partial charge >= 0.3 is 0 Å². The number of carbonyl (C=O) groups excluding carboxylic acids is 2. The molecule has 0 aliphatic carbocycles. The van der Waals surface area contributed by atoms with Gasteiger partial charge in [-0.1, -0.05) is 48.0 Å². The summed E-state index contributed by atoms with van der Waals surface area (Å²) in [4.78, 5) is 45.6. The normalized spacial score (nSPS) is 17.2. The number of aromatic nitrogens is 3. The second-order valence-corrected chi connectivity index (χ2v) is 13.5. The van der Waals surface area contributed by atoms with E-state index in [1.165, 1.54) is 0 Å². The van der Waals surface area contributed by atoms with Crippen LogP contribution in [0.5, 0.6) is 5.75 Å². The third-order valence-electron chi connectivity index (χ3n) is 9.74. The number of rotatable bonds is 12. The Morgan fingerprint density at radius 2 is 1.45 bits per heavy atom. The summed E-state index contributed by atoms with van der Waals surface area (Å²) in [5.41, 5.74) is 8.22. The first kappa shape index (κ1) is 34.4. The Morgan fingerprint density at radius 3 is 2.12 bits per heavy atom. The van der Waals surface area contributed by atoms with Crippen LogP contribution in [0.3, 0.4) is 0 Å². The molecule has 0 saturated carbocycles. The van der Waals surface area contributed by atoms with Gasteiger partial charge in [-0.3, -0.25) is 23.8 Å². The maximum absolute atomic E-state index is 13.3. The number of benzene rings is 2. The van der Waals surface area contributed by atoms with E-state index in [4.69, 9.17) is 21.3 Å². The Balaban J connectivity index is 1.10. The number of halogens is 1. The molecule has 51 heavy (non-hydrogen) atoms. The second kappa shape index (κ2) is 15.0. The van der Waals surface area contributed by atoms with Gasteiger partial charge in [-0.2, -0.15) is 0 Å². The maximum atomic E-state index is 13.3. The van der Waals surface area contributed by atoms with Crippen LogP contribution in [0.1, 0.15) is 42.4 Å². The highest BCUT2D eigenvalue weighted by molar-refractivity contribution is 6.36. The number of methoxy groups -OCH3 is 1. The first-order chi connectivity index (χ1) is 24.8. The minimum atomic E-state index is -0.128. The Bertz CT molecular complexity index is 2190. The Kier molecular flexibility index (Phi) is 10.1. The van der Waals surface area contributed by atoms with E-state index in [0.29, 0.717) is 66.7 Å². The number of fused-ring (bicyclic) bond motifs is 1. The number of pyridine rings is 2. The molecule has 2 amide bonds. The quantitative estimate of drug-likeness (QED) is 0.145. The van der Waals surface area contributed by atoms with E-state index in [0.717, 1.165) is 51.8 Å². The van der Waals surface area contributed by atoms with Gasteiger partial charge in [-0.15, -0.1) is 0 Å². The first-order valence-electron chi connectivity index (χ1n) is 17.2. The number of hydrogen-bond donors (Lipinski definition) is 4. The predicted molar refractivity (Wildman–Crippen MR) is 198 cm³/mol. The molecule has 2 aliphatic heterocycles. The topological polar surface area (TPSA) is 139 Å². The number of nitrogens with zero attached hydrogens (tertiary/aromatic N) is 3. The number of carbonyl (C=O) groups is 2. The summed E-state index contributed by atoms with van der Waals surface area (Å²) in [6.07, 6.45) is 7.95. The Hall–Kier alpha value is -5.10. The molecule has 262 valence electrons. The van der Waals surface area contributed by atoms with E-state index < -0.39 is 0 Å². The van der Waals surface area contributed by atoms with Gasteiger partial charge in [0.05, 0.1) is 17.8 Å². The van der Waals surface area contributed by atoms with Crippen molar-refractivity contribution in [2.24, 2.45) is 0 Å². The Labute approximate surface area is 300 Å². The maximum Gasteiger partial charge on any atom is 0.262 e. The van der Waals surface area contributed by atoms with Gasteiger partial charge in [0.1, 0.15) is 11.4 Å². The van der Waals surface area contributed by atoms with Crippen molar-refractivity contribution in [3.05, 3.63) is 105 Å². The molecule has 0 bridgehead atoms. The molecule has 4 N–H and O–H groups in total. The first-order valence-corrected chi connectivity index (χ1v) is 17.6. The zero-order chi connectivity index (χ0) is 35.5.